The Morgan fingerprint density at radius 1 is 1.56 bits per heavy atom. The Labute approximate surface area is 94.6 Å². The second kappa shape index (κ2) is 5.34. The first kappa shape index (κ1) is 12.3. The molecule has 88 valence electrons. The zero-order chi connectivity index (χ0) is 12.1. The van der Waals surface area contributed by atoms with E-state index in [4.69, 9.17) is 5.73 Å². The molecule has 1 atom stereocenters. The Bertz CT molecular complexity index is 384. The van der Waals surface area contributed by atoms with Crippen LogP contribution in [0.4, 0.5) is 0 Å². The lowest BCUT2D eigenvalue weighted by molar-refractivity contribution is -0.120. The molecule has 0 radical (unpaired) electrons. The lowest BCUT2D eigenvalue weighted by Gasteiger charge is -2.14. The maximum Gasteiger partial charge on any atom is 0.268 e. The quantitative estimate of drug-likeness (QED) is 0.758. The van der Waals surface area contributed by atoms with E-state index in [1.165, 1.54) is 0 Å². The monoisotopic (exact) mass is 223 g/mol. The van der Waals surface area contributed by atoms with Crippen LogP contribution in [0.2, 0.25) is 0 Å². The van der Waals surface area contributed by atoms with Crippen LogP contribution in [0.1, 0.15) is 30.3 Å². The molecule has 16 heavy (non-hydrogen) atoms. The highest BCUT2D eigenvalue weighted by atomic mass is 16.2. The van der Waals surface area contributed by atoms with E-state index in [2.05, 4.69) is 5.32 Å². The van der Waals surface area contributed by atoms with Gasteiger partial charge in [0.1, 0.15) is 11.7 Å². The molecule has 1 aromatic rings. The predicted molar refractivity (Wildman–Crippen MR) is 60.8 cm³/mol. The van der Waals surface area contributed by atoms with Gasteiger partial charge in [0.05, 0.1) is 0 Å². The van der Waals surface area contributed by atoms with Crippen LogP contribution >= 0.6 is 0 Å². The molecular formula is C11H17N3O2. The predicted octanol–water partition coefficient (Wildman–Crippen LogP) is 0.409. The summed E-state index contributed by atoms with van der Waals surface area (Å²) in [5.41, 5.74) is 5.72. The van der Waals surface area contributed by atoms with Gasteiger partial charge in [-0.25, -0.2) is 0 Å². The fraction of sp³-hybridized carbons (Fsp3) is 0.455. The third-order valence-electron chi connectivity index (χ3n) is 2.40. The van der Waals surface area contributed by atoms with E-state index in [0.29, 0.717) is 12.1 Å². The Hall–Kier alpha value is -1.78. The summed E-state index contributed by atoms with van der Waals surface area (Å²) in [6.07, 6.45) is 3.13. The zero-order valence-electron chi connectivity index (χ0n) is 9.56. The molecule has 0 aliphatic heterocycles. The van der Waals surface area contributed by atoms with E-state index < -0.39 is 11.9 Å². The van der Waals surface area contributed by atoms with Gasteiger partial charge in [-0.2, -0.15) is 0 Å². The third kappa shape index (κ3) is 2.85. The van der Waals surface area contributed by atoms with E-state index in [1.807, 2.05) is 6.92 Å². The second-order valence-electron chi connectivity index (χ2n) is 3.72. The van der Waals surface area contributed by atoms with Crippen LogP contribution in [0, 0.1) is 0 Å². The number of primary amides is 1. The maximum absolute atomic E-state index is 11.8. The van der Waals surface area contributed by atoms with Crippen molar-refractivity contribution in [1.82, 2.24) is 9.88 Å². The smallest absolute Gasteiger partial charge is 0.268 e. The number of aromatic nitrogens is 1. The molecule has 2 amide bonds. The Morgan fingerprint density at radius 3 is 2.69 bits per heavy atom. The van der Waals surface area contributed by atoms with Crippen molar-refractivity contribution in [3.05, 3.63) is 24.0 Å². The minimum atomic E-state index is -0.590. The second-order valence-corrected chi connectivity index (χ2v) is 3.72. The number of nitrogens with zero attached hydrogens (tertiary/aromatic N) is 1. The number of amides is 2. The Morgan fingerprint density at radius 2 is 2.25 bits per heavy atom. The van der Waals surface area contributed by atoms with E-state index in [9.17, 15) is 9.59 Å². The maximum atomic E-state index is 11.8. The number of rotatable bonds is 5. The summed E-state index contributed by atoms with van der Waals surface area (Å²) in [6.45, 7) is 1.94. The Kier molecular flexibility index (Phi) is 4.10. The minimum absolute atomic E-state index is 0.273. The summed E-state index contributed by atoms with van der Waals surface area (Å²) >= 11 is 0. The number of hydrogen-bond donors (Lipinski definition) is 2. The van der Waals surface area contributed by atoms with Gasteiger partial charge < -0.3 is 15.6 Å². The highest BCUT2D eigenvalue weighted by Gasteiger charge is 2.18. The van der Waals surface area contributed by atoms with Crippen LogP contribution in [0.3, 0.4) is 0 Å². The first-order chi connectivity index (χ1) is 7.56. The molecule has 1 rings (SSSR count). The van der Waals surface area contributed by atoms with Crippen molar-refractivity contribution in [2.45, 2.75) is 25.8 Å². The SMILES string of the molecule is CCCC(NC(=O)c1cccn1C)C(N)=O. The van der Waals surface area contributed by atoms with Crippen molar-refractivity contribution in [2.24, 2.45) is 12.8 Å². The van der Waals surface area contributed by atoms with E-state index in [1.54, 1.807) is 29.9 Å². The fourth-order valence-corrected chi connectivity index (χ4v) is 1.50. The van der Waals surface area contributed by atoms with Gasteiger partial charge in [0.25, 0.3) is 5.91 Å². The molecule has 0 bridgehead atoms. The topological polar surface area (TPSA) is 77.1 Å². The fourth-order valence-electron chi connectivity index (χ4n) is 1.50. The molecule has 0 aliphatic rings. The molecule has 0 saturated carbocycles. The van der Waals surface area contributed by atoms with Crippen LogP contribution in [0.5, 0.6) is 0 Å². The van der Waals surface area contributed by atoms with Crippen molar-refractivity contribution in [3.63, 3.8) is 0 Å². The lowest BCUT2D eigenvalue weighted by Crippen LogP contribution is -2.44. The summed E-state index contributed by atoms with van der Waals surface area (Å²) in [4.78, 5) is 22.9. The van der Waals surface area contributed by atoms with Gasteiger partial charge in [-0.3, -0.25) is 9.59 Å². The summed E-state index contributed by atoms with van der Waals surface area (Å²) in [5.74, 6) is -0.769. The molecule has 1 aromatic heterocycles. The Balaban J connectivity index is 2.69. The average Bonchev–Trinajstić information content (AvgIpc) is 2.63. The molecule has 1 heterocycles. The molecule has 5 nitrogen and oxygen atoms in total. The molecular weight excluding hydrogens is 206 g/mol. The highest BCUT2D eigenvalue weighted by molar-refractivity contribution is 5.96. The highest BCUT2D eigenvalue weighted by Crippen LogP contribution is 2.02. The third-order valence-corrected chi connectivity index (χ3v) is 2.40. The van der Waals surface area contributed by atoms with E-state index in [0.717, 1.165) is 6.42 Å². The number of nitrogens with two attached hydrogens (primary N) is 1. The van der Waals surface area contributed by atoms with Gasteiger partial charge >= 0.3 is 0 Å². The van der Waals surface area contributed by atoms with Crippen molar-refractivity contribution >= 4 is 11.8 Å². The number of nitrogens with one attached hydrogen (secondary N) is 1. The molecule has 5 heteroatoms. The van der Waals surface area contributed by atoms with Gasteiger partial charge in [0, 0.05) is 13.2 Å². The molecule has 0 aliphatic carbocycles. The van der Waals surface area contributed by atoms with Crippen LogP contribution < -0.4 is 11.1 Å². The number of aryl methyl sites for hydroxylation is 1. The van der Waals surface area contributed by atoms with Crippen LogP contribution in [0.25, 0.3) is 0 Å². The summed E-state index contributed by atoms with van der Waals surface area (Å²) in [6, 6.07) is 2.88. The molecule has 1 unspecified atom stereocenters. The van der Waals surface area contributed by atoms with Gasteiger partial charge in [-0.05, 0) is 18.6 Å². The summed E-state index contributed by atoms with van der Waals surface area (Å²) < 4.78 is 1.69. The minimum Gasteiger partial charge on any atom is -0.368 e. The number of hydrogen-bond acceptors (Lipinski definition) is 2. The van der Waals surface area contributed by atoms with Gasteiger partial charge in [0.2, 0.25) is 5.91 Å². The van der Waals surface area contributed by atoms with E-state index in [-0.39, 0.29) is 5.91 Å². The first-order valence-corrected chi connectivity index (χ1v) is 5.27. The largest absolute Gasteiger partial charge is 0.368 e. The molecule has 0 aromatic carbocycles. The van der Waals surface area contributed by atoms with Crippen molar-refractivity contribution < 1.29 is 9.59 Å². The van der Waals surface area contributed by atoms with Crippen molar-refractivity contribution in [3.8, 4) is 0 Å². The first-order valence-electron chi connectivity index (χ1n) is 5.27. The zero-order valence-corrected chi connectivity index (χ0v) is 9.56. The molecule has 0 fully saturated rings. The van der Waals surface area contributed by atoms with Crippen LogP contribution in [0.15, 0.2) is 18.3 Å². The van der Waals surface area contributed by atoms with Gasteiger partial charge in [-0.1, -0.05) is 13.3 Å². The molecule has 3 N–H and O–H groups in total. The van der Waals surface area contributed by atoms with Crippen LogP contribution in [-0.4, -0.2) is 22.4 Å². The van der Waals surface area contributed by atoms with Gasteiger partial charge in [-0.15, -0.1) is 0 Å². The van der Waals surface area contributed by atoms with Gasteiger partial charge in [0.15, 0.2) is 0 Å². The lowest BCUT2D eigenvalue weighted by atomic mass is 10.1. The average molecular weight is 223 g/mol. The van der Waals surface area contributed by atoms with Crippen LogP contribution in [-0.2, 0) is 11.8 Å². The summed E-state index contributed by atoms with van der Waals surface area (Å²) in [5, 5.41) is 2.63. The number of carbonyl (C=O) groups is 2. The van der Waals surface area contributed by atoms with E-state index >= 15 is 0 Å². The molecule has 0 saturated heterocycles. The summed E-state index contributed by atoms with van der Waals surface area (Å²) in [7, 11) is 1.77. The standard InChI is InChI=1S/C11H17N3O2/c1-3-5-8(10(12)15)13-11(16)9-6-4-7-14(9)2/h4,6-8H,3,5H2,1-2H3,(H2,12,15)(H,13,16). The van der Waals surface area contributed by atoms with Crippen molar-refractivity contribution in [1.29, 1.82) is 0 Å². The number of carbonyl (C=O) groups excluding carboxylic acids is 2. The molecule has 0 spiro atoms. The van der Waals surface area contributed by atoms with Crippen molar-refractivity contribution in [2.75, 3.05) is 0 Å². The normalized spacial score (nSPS) is 12.1.